The van der Waals surface area contributed by atoms with Crippen LogP contribution in [0.25, 0.3) is 0 Å². The third kappa shape index (κ3) is 3.61. The van der Waals surface area contributed by atoms with Gasteiger partial charge in [0.05, 0.1) is 5.69 Å². The SMILES string of the molecule is CC(=O)NC1=NN(C(C)=O)C(c2ccc(N(C)C)c(Br)c2)S1. The first-order valence-electron chi connectivity index (χ1n) is 6.59. The minimum Gasteiger partial charge on any atom is -0.377 e. The van der Waals surface area contributed by atoms with Crippen LogP contribution in [0.4, 0.5) is 5.69 Å². The van der Waals surface area contributed by atoms with Crippen molar-refractivity contribution in [3.63, 3.8) is 0 Å². The summed E-state index contributed by atoms with van der Waals surface area (Å²) in [6.45, 7) is 2.87. The largest absolute Gasteiger partial charge is 0.377 e. The van der Waals surface area contributed by atoms with Crippen LogP contribution in [0.15, 0.2) is 27.8 Å². The number of nitrogens with one attached hydrogen (secondary N) is 1. The van der Waals surface area contributed by atoms with Gasteiger partial charge in [-0.2, -0.15) is 0 Å². The number of halogens is 1. The molecule has 0 bridgehead atoms. The highest BCUT2D eigenvalue weighted by molar-refractivity contribution is 9.10. The summed E-state index contributed by atoms with van der Waals surface area (Å²) in [7, 11) is 3.92. The van der Waals surface area contributed by atoms with E-state index in [-0.39, 0.29) is 17.2 Å². The molecule has 1 aromatic carbocycles. The summed E-state index contributed by atoms with van der Waals surface area (Å²) in [6, 6.07) is 5.91. The molecule has 22 heavy (non-hydrogen) atoms. The zero-order valence-corrected chi connectivity index (χ0v) is 15.2. The Labute approximate surface area is 142 Å². The van der Waals surface area contributed by atoms with Crippen LogP contribution < -0.4 is 10.2 Å². The Morgan fingerprint density at radius 3 is 2.55 bits per heavy atom. The van der Waals surface area contributed by atoms with E-state index in [1.165, 1.54) is 30.6 Å². The second-order valence-electron chi connectivity index (χ2n) is 5.03. The number of amidine groups is 1. The summed E-state index contributed by atoms with van der Waals surface area (Å²) >= 11 is 4.89. The molecule has 1 heterocycles. The predicted molar refractivity (Wildman–Crippen MR) is 92.6 cm³/mol. The molecule has 1 unspecified atom stereocenters. The standard InChI is InChI=1S/C14H17BrN4O2S/c1-8(20)16-14-17-19(9(2)21)13(22-14)10-5-6-12(18(3)4)11(15)7-10/h5-7,13H,1-4H3,(H,16,17,20). The van der Waals surface area contributed by atoms with Crippen LogP contribution in [0.5, 0.6) is 0 Å². The summed E-state index contributed by atoms with van der Waals surface area (Å²) < 4.78 is 0.937. The Bertz CT molecular complexity index is 648. The lowest BCUT2D eigenvalue weighted by Crippen LogP contribution is -2.25. The molecule has 1 N–H and O–H groups in total. The van der Waals surface area contributed by atoms with Gasteiger partial charge in [-0.05, 0) is 33.6 Å². The molecule has 118 valence electrons. The van der Waals surface area contributed by atoms with Gasteiger partial charge in [-0.3, -0.25) is 9.59 Å². The average Bonchev–Trinajstić information content (AvgIpc) is 2.81. The van der Waals surface area contributed by atoms with E-state index in [9.17, 15) is 9.59 Å². The lowest BCUT2D eigenvalue weighted by Gasteiger charge is -2.21. The van der Waals surface area contributed by atoms with Crippen molar-refractivity contribution in [2.75, 3.05) is 19.0 Å². The minimum atomic E-state index is -0.285. The molecule has 0 aromatic heterocycles. The molecular weight excluding hydrogens is 368 g/mol. The van der Waals surface area contributed by atoms with Crippen LogP contribution in [-0.4, -0.2) is 36.1 Å². The molecule has 0 radical (unpaired) electrons. The molecule has 0 aliphatic carbocycles. The van der Waals surface area contributed by atoms with Gasteiger partial charge >= 0.3 is 0 Å². The first-order valence-corrected chi connectivity index (χ1v) is 8.26. The van der Waals surface area contributed by atoms with E-state index in [0.29, 0.717) is 5.17 Å². The maximum atomic E-state index is 11.8. The number of benzene rings is 1. The van der Waals surface area contributed by atoms with Crippen molar-refractivity contribution < 1.29 is 9.59 Å². The van der Waals surface area contributed by atoms with Gasteiger partial charge in [-0.25, -0.2) is 5.01 Å². The first kappa shape index (κ1) is 16.8. The number of anilines is 1. The molecule has 0 saturated heterocycles. The van der Waals surface area contributed by atoms with Gasteiger partial charge in [0.1, 0.15) is 5.37 Å². The highest BCUT2D eigenvalue weighted by atomic mass is 79.9. The normalized spacial score (nSPS) is 17.2. The summed E-state index contributed by atoms with van der Waals surface area (Å²) in [5, 5.41) is 8.34. The number of nitrogens with zero attached hydrogens (tertiary/aromatic N) is 3. The Kier molecular flexibility index (Phi) is 5.12. The van der Waals surface area contributed by atoms with Crippen LogP contribution >= 0.6 is 27.7 Å². The summed E-state index contributed by atoms with van der Waals surface area (Å²) in [5.41, 5.74) is 1.98. The number of carbonyl (C=O) groups excluding carboxylic acids is 2. The van der Waals surface area contributed by atoms with Crippen LogP contribution in [0, 0.1) is 0 Å². The van der Waals surface area contributed by atoms with Gasteiger partial charge in [0.2, 0.25) is 11.8 Å². The second kappa shape index (κ2) is 6.70. The Morgan fingerprint density at radius 2 is 2.05 bits per heavy atom. The smallest absolute Gasteiger partial charge is 0.241 e. The Hall–Kier alpha value is -1.54. The summed E-state index contributed by atoms with van der Waals surface area (Å²) in [5.74, 6) is -0.384. The van der Waals surface area contributed by atoms with E-state index in [4.69, 9.17) is 0 Å². The van der Waals surface area contributed by atoms with Crippen LogP contribution in [-0.2, 0) is 9.59 Å². The summed E-state index contributed by atoms with van der Waals surface area (Å²) in [6.07, 6.45) is 0. The zero-order chi connectivity index (χ0) is 16.4. The van der Waals surface area contributed by atoms with Gasteiger partial charge in [0, 0.05) is 32.4 Å². The predicted octanol–water partition coefficient (Wildman–Crippen LogP) is 2.52. The Morgan fingerprint density at radius 1 is 1.36 bits per heavy atom. The second-order valence-corrected chi connectivity index (χ2v) is 6.95. The lowest BCUT2D eigenvalue weighted by molar-refractivity contribution is -0.129. The first-order chi connectivity index (χ1) is 10.3. The fourth-order valence-electron chi connectivity index (χ4n) is 2.02. The lowest BCUT2D eigenvalue weighted by atomic mass is 10.2. The zero-order valence-electron chi connectivity index (χ0n) is 12.8. The highest BCUT2D eigenvalue weighted by Gasteiger charge is 2.32. The number of hydrazone groups is 1. The average molecular weight is 385 g/mol. The number of thioether (sulfide) groups is 1. The third-order valence-electron chi connectivity index (χ3n) is 2.99. The molecule has 0 saturated carbocycles. The molecular formula is C14H17BrN4O2S. The van der Waals surface area contributed by atoms with Gasteiger partial charge in [-0.1, -0.05) is 17.8 Å². The van der Waals surface area contributed by atoms with Crippen molar-refractivity contribution in [3.8, 4) is 0 Å². The molecule has 2 rings (SSSR count). The van der Waals surface area contributed by atoms with E-state index in [1.54, 1.807) is 0 Å². The fraction of sp³-hybridized carbons (Fsp3) is 0.357. The fourth-order valence-corrected chi connectivity index (χ4v) is 3.90. The number of hydrogen-bond donors (Lipinski definition) is 1. The van der Waals surface area contributed by atoms with Crippen molar-refractivity contribution in [2.24, 2.45) is 5.10 Å². The molecule has 1 atom stereocenters. The minimum absolute atomic E-state index is 0.175. The maximum Gasteiger partial charge on any atom is 0.241 e. The van der Waals surface area contributed by atoms with Gasteiger partial charge in [-0.15, -0.1) is 5.10 Å². The van der Waals surface area contributed by atoms with E-state index in [0.717, 1.165) is 15.7 Å². The van der Waals surface area contributed by atoms with Crippen LogP contribution in [0.2, 0.25) is 0 Å². The van der Waals surface area contributed by atoms with Gasteiger partial charge in [0.15, 0.2) is 5.17 Å². The third-order valence-corrected chi connectivity index (χ3v) is 4.73. The van der Waals surface area contributed by atoms with E-state index < -0.39 is 0 Å². The molecule has 1 aromatic rings. The Balaban J connectivity index is 2.30. The number of carbonyl (C=O) groups is 2. The topological polar surface area (TPSA) is 65.0 Å². The monoisotopic (exact) mass is 384 g/mol. The molecule has 0 fully saturated rings. The van der Waals surface area contributed by atoms with Crippen molar-refractivity contribution in [1.82, 2.24) is 10.3 Å². The number of amides is 2. The quantitative estimate of drug-likeness (QED) is 0.850. The van der Waals surface area contributed by atoms with Gasteiger partial charge < -0.3 is 10.2 Å². The van der Waals surface area contributed by atoms with Crippen LogP contribution in [0.3, 0.4) is 0 Å². The van der Waals surface area contributed by atoms with E-state index >= 15 is 0 Å². The van der Waals surface area contributed by atoms with E-state index in [1.807, 2.05) is 37.2 Å². The van der Waals surface area contributed by atoms with Crippen molar-refractivity contribution in [1.29, 1.82) is 0 Å². The van der Waals surface area contributed by atoms with Crippen molar-refractivity contribution in [2.45, 2.75) is 19.2 Å². The highest BCUT2D eigenvalue weighted by Crippen LogP contribution is 2.40. The molecule has 8 heteroatoms. The molecule has 0 spiro atoms. The number of rotatable bonds is 2. The number of hydrogen-bond acceptors (Lipinski definition) is 5. The van der Waals surface area contributed by atoms with Gasteiger partial charge in [0.25, 0.3) is 0 Å². The van der Waals surface area contributed by atoms with E-state index in [2.05, 4.69) is 26.3 Å². The summed E-state index contributed by atoms with van der Waals surface area (Å²) in [4.78, 5) is 25.0. The maximum absolute atomic E-state index is 11.8. The van der Waals surface area contributed by atoms with Crippen molar-refractivity contribution in [3.05, 3.63) is 28.2 Å². The molecule has 2 amide bonds. The molecule has 1 aliphatic heterocycles. The van der Waals surface area contributed by atoms with Crippen LogP contribution in [0.1, 0.15) is 24.8 Å². The molecule has 1 aliphatic rings. The molecule has 6 nitrogen and oxygen atoms in total. The van der Waals surface area contributed by atoms with Crippen molar-refractivity contribution >= 4 is 50.4 Å².